The van der Waals surface area contributed by atoms with Crippen molar-refractivity contribution < 1.29 is 17.9 Å². The summed E-state index contributed by atoms with van der Waals surface area (Å²) in [7, 11) is -2.02. The van der Waals surface area contributed by atoms with E-state index in [0.29, 0.717) is 11.4 Å². The molecular formula is C20H20N2O4S. The SMILES string of the molecule is COc1ccc(NC(=O)Cc2ccc3ccccc3c2)cc1NS(C)(=O)=O. The van der Waals surface area contributed by atoms with Gasteiger partial charge < -0.3 is 10.1 Å². The Bertz CT molecular complexity index is 1090. The van der Waals surface area contributed by atoms with Crippen molar-refractivity contribution in [2.45, 2.75) is 6.42 Å². The maximum absolute atomic E-state index is 12.4. The predicted octanol–water partition coefficient (Wildman–Crippen LogP) is 3.40. The van der Waals surface area contributed by atoms with Crippen LogP contribution in [-0.2, 0) is 21.2 Å². The Balaban J connectivity index is 1.75. The van der Waals surface area contributed by atoms with E-state index in [9.17, 15) is 13.2 Å². The molecule has 7 heteroatoms. The van der Waals surface area contributed by atoms with Crippen molar-refractivity contribution in [3.05, 3.63) is 66.2 Å². The molecule has 1 amide bonds. The Kier molecular flexibility index (Phi) is 5.32. The Morgan fingerprint density at radius 3 is 2.44 bits per heavy atom. The Morgan fingerprint density at radius 2 is 1.74 bits per heavy atom. The fraction of sp³-hybridized carbons (Fsp3) is 0.150. The topological polar surface area (TPSA) is 84.5 Å². The van der Waals surface area contributed by atoms with Crippen LogP contribution in [-0.4, -0.2) is 27.7 Å². The number of benzene rings is 3. The van der Waals surface area contributed by atoms with Crippen molar-refractivity contribution >= 4 is 38.1 Å². The third-order valence-corrected chi connectivity index (χ3v) is 4.55. The van der Waals surface area contributed by atoms with Gasteiger partial charge >= 0.3 is 0 Å². The highest BCUT2D eigenvalue weighted by atomic mass is 32.2. The zero-order valence-electron chi connectivity index (χ0n) is 15.0. The van der Waals surface area contributed by atoms with E-state index in [1.807, 2.05) is 42.5 Å². The number of ether oxygens (including phenoxy) is 1. The fourth-order valence-electron chi connectivity index (χ4n) is 2.80. The summed E-state index contributed by atoms with van der Waals surface area (Å²) in [6.07, 6.45) is 1.27. The first-order valence-electron chi connectivity index (χ1n) is 8.27. The van der Waals surface area contributed by atoms with Gasteiger partial charge in [-0.15, -0.1) is 0 Å². The van der Waals surface area contributed by atoms with E-state index >= 15 is 0 Å². The lowest BCUT2D eigenvalue weighted by Gasteiger charge is -2.12. The molecule has 3 aromatic carbocycles. The lowest BCUT2D eigenvalue weighted by Crippen LogP contribution is -2.15. The van der Waals surface area contributed by atoms with E-state index in [1.165, 1.54) is 13.2 Å². The highest BCUT2D eigenvalue weighted by Crippen LogP contribution is 2.28. The van der Waals surface area contributed by atoms with Gasteiger partial charge in [-0.1, -0.05) is 42.5 Å². The van der Waals surface area contributed by atoms with Crippen LogP contribution in [0.5, 0.6) is 5.75 Å². The number of sulfonamides is 1. The van der Waals surface area contributed by atoms with Crippen LogP contribution in [0, 0.1) is 0 Å². The molecule has 0 unspecified atom stereocenters. The Hall–Kier alpha value is -3.06. The predicted molar refractivity (Wildman–Crippen MR) is 108 cm³/mol. The summed E-state index contributed by atoms with van der Waals surface area (Å²) in [5, 5.41) is 4.98. The molecule has 0 atom stereocenters. The number of carbonyl (C=O) groups excluding carboxylic acids is 1. The average molecular weight is 384 g/mol. The molecule has 0 aliphatic heterocycles. The second-order valence-corrected chi connectivity index (χ2v) is 7.94. The molecule has 0 saturated carbocycles. The number of hydrogen-bond acceptors (Lipinski definition) is 4. The van der Waals surface area contributed by atoms with Crippen molar-refractivity contribution in [3.8, 4) is 5.75 Å². The minimum Gasteiger partial charge on any atom is -0.495 e. The monoisotopic (exact) mass is 384 g/mol. The maximum Gasteiger partial charge on any atom is 0.229 e. The van der Waals surface area contributed by atoms with Gasteiger partial charge in [-0.25, -0.2) is 8.42 Å². The summed E-state index contributed by atoms with van der Waals surface area (Å²) in [5.74, 6) is 0.175. The molecule has 0 bridgehead atoms. The normalized spacial score (nSPS) is 11.2. The standard InChI is InChI=1S/C20H20N2O4S/c1-26-19-10-9-17(13-18(19)22-27(2,24)25)21-20(23)12-14-7-8-15-5-3-4-6-16(15)11-14/h3-11,13,22H,12H2,1-2H3,(H,21,23). The van der Waals surface area contributed by atoms with E-state index in [0.717, 1.165) is 22.6 Å². The van der Waals surface area contributed by atoms with Crippen LogP contribution in [0.15, 0.2) is 60.7 Å². The molecular weight excluding hydrogens is 364 g/mol. The molecule has 0 fully saturated rings. The quantitative estimate of drug-likeness (QED) is 0.682. The lowest BCUT2D eigenvalue weighted by molar-refractivity contribution is -0.115. The summed E-state index contributed by atoms with van der Waals surface area (Å²) in [4.78, 5) is 12.4. The van der Waals surface area contributed by atoms with Gasteiger partial charge in [0.25, 0.3) is 0 Å². The molecule has 6 nitrogen and oxygen atoms in total. The van der Waals surface area contributed by atoms with Crippen molar-refractivity contribution in [3.63, 3.8) is 0 Å². The summed E-state index contributed by atoms with van der Waals surface area (Å²) in [6.45, 7) is 0. The number of rotatable bonds is 6. The second kappa shape index (κ2) is 7.67. The molecule has 0 radical (unpaired) electrons. The van der Waals surface area contributed by atoms with Crippen LogP contribution in [0.3, 0.4) is 0 Å². The number of nitrogens with one attached hydrogen (secondary N) is 2. The molecule has 3 rings (SSSR count). The Labute approximate surface area is 158 Å². The van der Waals surface area contributed by atoms with Gasteiger partial charge in [0.1, 0.15) is 5.75 Å². The average Bonchev–Trinajstić information content (AvgIpc) is 2.60. The van der Waals surface area contributed by atoms with Crippen molar-refractivity contribution in [2.75, 3.05) is 23.4 Å². The molecule has 0 aliphatic rings. The number of amides is 1. The molecule has 27 heavy (non-hydrogen) atoms. The van der Waals surface area contributed by atoms with Gasteiger partial charge in [0, 0.05) is 5.69 Å². The molecule has 0 heterocycles. The molecule has 0 saturated heterocycles. The van der Waals surface area contributed by atoms with Gasteiger partial charge in [0.05, 0.1) is 25.5 Å². The summed E-state index contributed by atoms with van der Waals surface area (Å²) in [5.41, 5.74) is 1.64. The molecule has 0 aromatic heterocycles. The van der Waals surface area contributed by atoms with Gasteiger partial charge in [0.2, 0.25) is 15.9 Å². The zero-order chi connectivity index (χ0) is 19.4. The van der Waals surface area contributed by atoms with Gasteiger partial charge in [0.15, 0.2) is 0 Å². The van der Waals surface area contributed by atoms with Crippen molar-refractivity contribution in [2.24, 2.45) is 0 Å². The van der Waals surface area contributed by atoms with Crippen LogP contribution >= 0.6 is 0 Å². The lowest BCUT2D eigenvalue weighted by atomic mass is 10.0. The molecule has 0 spiro atoms. The molecule has 0 aliphatic carbocycles. The number of anilines is 2. The zero-order valence-corrected chi connectivity index (χ0v) is 15.8. The van der Waals surface area contributed by atoms with E-state index in [2.05, 4.69) is 10.0 Å². The first kappa shape index (κ1) is 18.7. The van der Waals surface area contributed by atoms with Crippen molar-refractivity contribution in [1.82, 2.24) is 0 Å². The van der Waals surface area contributed by atoms with E-state index in [4.69, 9.17) is 4.74 Å². The van der Waals surface area contributed by atoms with Gasteiger partial charge in [-0.3, -0.25) is 9.52 Å². The van der Waals surface area contributed by atoms with Crippen LogP contribution in [0.2, 0.25) is 0 Å². The van der Waals surface area contributed by atoms with Crippen molar-refractivity contribution in [1.29, 1.82) is 0 Å². The van der Waals surface area contributed by atoms with E-state index in [-0.39, 0.29) is 18.0 Å². The van der Waals surface area contributed by atoms with E-state index in [1.54, 1.807) is 12.1 Å². The highest BCUT2D eigenvalue weighted by molar-refractivity contribution is 7.92. The minimum atomic E-state index is -3.47. The molecule has 2 N–H and O–H groups in total. The van der Waals surface area contributed by atoms with Crippen LogP contribution in [0.4, 0.5) is 11.4 Å². The van der Waals surface area contributed by atoms with Crippen LogP contribution < -0.4 is 14.8 Å². The second-order valence-electron chi connectivity index (χ2n) is 6.20. The first-order valence-corrected chi connectivity index (χ1v) is 10.2. The largest absolute Gasteiger partial charge is 0.495 e. The molecule has 140 valence electrons. The number of methoxy groups -OCH3 is 1. The Morgan fingerprint density at radius 1 is 1.00 bits per heavy atom. The number of hydrogen-bond donors (Lipinski definition) is 2. The highest BCUT2D eigenvalue weighted by Gasteiger charge is 2.11. The van der Waals surface area contributed by atoms with Gasteiger partial charge in [-0.2, -0.15) is 0 Å². The van der Waals surface area contributed by atoms with E-state index < -0.39 is 10.0 Å². The van der Waals surface area contributed by atoms with Crippen LogP contribution in [0.25, 0.3) is 10.8 Å². The summed E-state index contributed by atoms with van der Waals surface area (Å²) in [6, 6.07) is 18.6. The molecule has 3 aromatic rings. The third kappa shape index (κ3) is 4.98. The fourth-order valence-corrected chi connectivity index (χ4v) is 3.36. The number of fused-ring (bicyclic) bond motifs is 1. The third-order valence-electron chi connectivity index (χ3n) is 3.96. The van der Waals surface area contributed by atoms with Gasteiger partial charge in [-0.05, 0) is 34.5 Å². The minimum absolute atomic E-state index is 0.194. The number of carbonyl (C=O) groups is 1. The first-order chi connectivity index (χ1) is 12.8. The maximum atomic E-state index is 12.4. The summed E-state index contributed by atoms with van der Waals surface area (Å²) < 4.78 is 30.5. The summed E-state index contributed by atoms with van der Waals surface area (Å²) >= 11 is 0. The smallest absolute Gasteiger partial charge is 0.229 e. The van der Waals surface area contributed by atoms with Crippen LogP contribution in [0.1, 0.15) is 5.56 Å².